The number of carbonyl (C=O) groups is 1. The largest absolute Gasteiger partial charge is 0.333 e. The maximum atomic E-state index is 12.7. The summed E-state index contributed by atoms with van der Waals surface area (Å²) in [5, 5.41) is 4.05. The van der Waals surface area contributed by atoms with E-state index in [2.05, 4.69) is 11.1 Å². The van der Waals surface area contributed by atoms with Crippen LogP contribution in [0.1, 0.15) is 34.6 Å². The van der Waals surface area contributed by atoms with Crippen LogP contribution >= 0.6 is 22.7 Å². The van der Waals surface area contributed by atoms with Crippen LogP contribution < -0.4 is 0 Å². The molecule has 1 aliphatic rings. The minimum atomic E-state index is 0.125. The Labute approximate surface area is 142 Å². The highest BCUT2D eigenvalue weighted by atomic mass is 32.1. The molecule has 1 aliphatic heterocycles. The third-order valence-electron chi connectivity index (χ3n) is 4.17. The number of likely N-dealkylation sites (tertiary alicyclic amines) is 1. The second-order valence-electron chi connectivity index (χ2n) is 5.80. The molecule has 3 aromatic rings. The Balaban J connectivity index is 1.57. The third-order valence-corrected chi connectivity index (χ3v) is 6.13. The number of fused-ring (bicyclic) bond motifs is 1. The maximum Gasteiger partial charge on any atom is 0.229 e. The van der Waals surface area contributed by atoms with E-state index >= 15 is 0 Å². The number of aromatic nitrogens is 2. The molecule has 23 heavy (non-hydrogen) atoms. The molecule has 0 bridgehead atoms. The Morgan fingerprint density at radius 1 is 1.35 bits per heavy atom. The van der Waals surface area contributed by atoms with E-state index in [9.17, 15) is 4.79 Å². The summed E-state index contributed by atoms with van der Waals surface area (Å²) < 4.78 is 1.19. The summed E-state index contributed by atoms with van der Waals surface area (Å²) in [4.78, 5) is 23.8. The topological polar surface area (TPSA) is 46.1 Å². The van der Waals surface area contributed by atoms with E-state index in [1.165, 1.54) is 4.70 Å². The average molecular weight is 343 g/mol. The van der Waals surface area contributed by atoms with E-state index < -0.39 is 0 Å². The number of hydrogen-bond acceptors (Lipinski definition) is 5. The average Bonchev–Trinajstić information content (AvgIpc) is 3.24. The van der Waals surface area contributed by atoms with Crippen molar-refractivity contribution in [3.8, 4) is 0 Å². The molecular formula is C17H17N3OS2. The molecule has 118 valence electrons. The van der Waals surface area contributed by atoms with Gasteiger partial charge in [0.1, 0.15) is 5.01 Å². The van der Waals surface area contributed by atoms with Gasteiger partial charge in [-0.15, -0.1) is 22.7 Å². The monoisotopic (exact) mass is 343 g/mol. The van der Waals surface area contributed by atoms with Gasteiger partial charge in [0.05, 0.1) is 33.4 Å². The quantitative estimate of drug-likeness (QED) is 0.723. The third kappa shape index (κ3) is 2.88. The lowest BCUT2D eigenvalue weighted by Crippen LogP contribution is -2.31. The van der Waals surface area contributed by atoms with Crippen LogP contribution in [0.4, 0.5) is 0 Å². The Morgan fingerprint density at radius 3 is 3.00 bits per heavy atom. The number of hydrogen-bond donors (Lipinski definition) is 0. The predicted octanol–water partition coefficient (Wildman–Crippen LogP) is 3.97. The molecule has 1 amide bonds. The fourth-order valence-electron chi connectivity index (χ4n) is 3.10. The van der Waals surface area contributed by atoms with Gasteiger partial charge >= 0.3 is 0 Å². The van der Waals surface area contributed by atoms with E-state index in [0.717, 1.165) is 40.6 Å². The Kier molecular flexibility index (Phi) is 3.87. The molecule has 1 atom stereocenters. The van der Waals surface area contributed by atoms with Crippen molar-refractivity contribution in [2.75, 3.05) is 6.54 Å². The minimum absolute atomic E-state index is 0.125. The van der Waals surface area contributed by atoms with Gasteiger partial charge < -0.3 is 4.90 Å². The van der Waals surface area contributed by atoms with Crippen LogP contribution in [0.2, 0.25) is 0 Å². The smallest absolute Gasteiger partial charge is 0.229 e. The van der Waals surface area contributed by atoms with Crippen LogP contribution in [0.25, 0.3) is 10.2 Å². The zero-order valence-electron chi connectivity index (χ0n) is 12.9. The molecule has 0 aliphatic carbocycles. The molecule has 1 aromatic carbocycles. The van der Waals surface area contributed by atoms with Gasteiger partial charge in [-0.25, -0.2) is 9.97 Å². The summed E-state index contributed by atoms with van der Waals surface area (Å²) in [7, 11) is 0. The number of thiazole rings is 2. The predicted molar refractivity (Wildman–Crippen MR) is 93.9 cm³/mol. The van der Waals surface area contributed by atoms with Crippen LogP contribution in [-0.4, -0.2) is 27.3 Å². The summed E-state index contributed by atoms with van der Waals surface area (Å²) in [6, 6.07) is 8.30. The van der Waals surface area contributed by atoms with Crippen molar-refractivity contribution in [3.05, 3.63) is 45.4 Å². The van der Waals surface area contributed by atoms with Crippen molar-refractivity contribution in [2.45, 2.75) is 32.2 Å². The van der Waals surface area contributed by atoms with E-state index in [4.69, 9.17) is 4.98 Å². The van der Waals surface area contributed by atoms with Gasteiger partial charge in [0.2, 0.25) is 5.91 Å². The molecule has 0 spiro atoms. The molecule has 4 nitrogen and oxygen atoms in total. The minimum Gasteiger partial charge on any atom is -0.333 e. The highest BCUT2D eigenvalue weighted by molar-refractivity contribution is 7.18. The standard InChI is InChI=1S/C17H17N3OS2/c1-11-18-12(10-22-11)9-16(21)20-8-4-6-14(20)17-19-13-5-2-3-7-15(13)23-17/h2-3,5,7,10,14H,4,6,8-9H2,1H3. The zero-order chi connectivity index (χ0) is 15.8. The maximum absolute atomic E-state index is 12.7. The number of amides is 1. The van der Waals surface area contributed by atoms with Gasteiger partial charge in [-0.05, 0) is 31.9 Å². The van der Waals surface area contributed by atoms with Crippen LogP contribution in [0.15, 0.2) is 29.6 Å². The Hall–Kier alpha value is -1.79. The van der Waals surface area contributed by atoms with E-state index in [-0.39, 0.29) is 11.9 Å². The highest BCUT2D eigenvalue weighted by Crippen LogP contribution is 2.36. The van der Waals surface area contributed by atoms with E-state index in [1.807, 2.05) is 35.4 Å². The molecule has 0 N–H and O–H groups in total. The first kappa shape index (κ1) is 14.8. The summed E-state index contributed by atoms with van der Waals surface area (Å²) in [5.41, 5.74) is 1.91. The number of carbonyl (C=O) groups excluding carboxylic acids is 1. The number of rotatable bonds is 3. The van der Waals surface area contributed by atoms with E-state index in [0.29, 0.717) is 6.42 Å². The summed E-state index contributed by atoms with van der Waals surface area (Å²) in [5.74, 6) is 0.164. The normalized spacial score (nSPS) is 18.0. The number of para-hydroxylation sites is 1. The fourth-order valence-corrected chi connectivity index (χ4v) is 4.83. The lowest BCUT2D eigenvalue weighted by atomic mass is 10.2. The van der Waals surface area contributed by atoms with Gasteiger partial charge in [0.25, 0.3) is 0 Å². The molecule has 1 fully saturated rings. The van der Waals surface area contributed by atoms with Crippen LogP contribution in [-0.2, 0) is 11.2 Å². The van der Waals surface area contributed by atoms with Crippen molar-refractivity contribution in [3.63, 3.8) is 0 Å². The molecule has 4 rings (SSSR count). The van der Waals surface area contributed by atoms with Crippen molar-refractivity contribution < 1.29 is 4.79 Å². The molecule has 3 heterocycles. The van der Waals surface area contributed by atoms with Crippen LogP contribution in [0.3, 0.4) is 0 Å². The molecule has 1 unspecified atom stereocenters. The SMILES string of the molecule is Cc1nc(CC(=O)N2CCCC2c2nc3ccccc3s2)cs1. The van der Waals surface area contributed by atoms with E-state index in [1.54, 1.807) is 22.7 Å². The fraction of sp³-hybridized carbons (Fsp3) is 0.353. The first-order valence-corrected chi connectivity index (χ1v) is 9.46. The van der Waals surface area contributed by atoms with Crippen molar-refractivity contribution in [1.82, 2.24) is 14.9 Å². The summed E-state index contributed by atoms with van der Waals surface area (Å²) in [6.45, 7) is 2.79. The molecule has 0 saturated carbocycles. The van der Waals surface area contributed by atoms with Gasteiger partial charge in [-0.3, -0.25) is 4.79 Å². The number of benzene rings is 1. The molecule has 2 aromatic heterocycles. The van der Waals surface area contributed by atoms with Crippen LogP contribution in [0, 0.1) is 6.92 Å². The number of aryl methyl sites for hydroxylation is 1. The molecule has 0 radical (unpaired) electrons. The zero-order valence-corrected chi connectivity index (χ0v) is 14.5. The van der Waals surface area contributed by atoms with Gasteiger partial charge in [-0.2, -0.15) is 0 Å². The van der Waals surface area contributed by atoms with Crippen molar-refractivity contribution >= 4 is 38.8 Å². The Bertz CT molecular complexity index is 821. The summed E-state index contributed by atoms with van der Waals surface area (Å²) >= 11 is 3.30. The Morgan fingerprint density at radius 2 is 2.22 bits per heavy atom. The van der Waals surface area contributed by atoms with Gasteiger partial charge in [-0.1, -0.05) is 12.1 Å². The highest BCUT2D eigenvalue weighted by Gasteiger charge is 2.32. The number of nitrogens with zero attached hydrogens (tertiary/aromatic N) is 3. The lowest BCUT2D eigenvalue weighted by molar-refractivity contribution is -0.131. The first-order valence-electron chi connectivity index (χ1n) is 7.76. The molecular weight excluding hydrogens is 326 g/mol. The molecule has 1 saturated heterocycles. The van der Waals surface area contributed by atoms with Gasteiger partial charge in [0, 0.05) is 11.9 Å². The second-order valence-corrected chi connectivity index (χ2v) is 7.92. The van der Waals surface area contributed by atoms with Crippen molar-refractivity contribution in [1.29, 1.82) is 0 Å². The lowest BCUT2D eigenvalue weighted by Gasteiger charge is -2.22. The summed E-state index contributed by atoms with van der Waals surface area (Å²) in [6.07, 6.45) is 2.44. The van der Waals surface area contributed by atoms with Crippen molar-refractivity contribution in [2.24, 2.45) is 0 Å². The molecule has 6 heteroatoms. The van der Waals surface area contributed by atoms with Crippen LogP contribution in [0.5, 0.6) is 0 Å². The van der Waals surface area contributed by atoms with Gasteiger partial charge in [0.15, 0.2) is 0 Å². The second kappa shape index (κ2) is 6.02. The first-order chi connectivity index (χ1) is 11.2.